The van der Waals surface area contributed by atoms with Crippen molar-refractivity contribution in [2.45, 2.75) is 126 Å². The topological polar surface area (TPSA) is 17.1 Å². The van der Waals surface area contributed by atoms with Crippen LogP contribution in [0.3, 0.4) is 0 Å². The van der Waals surface area contributed by atoms with Gasteiger partial charge in [0.2, 0.25) is 0 Å². The van der Waals surface area contributed by atoms with Crippen LogP contribution in [0.15, 0.2) is 11.1 Å². The van der Waals surface area contributed by atoms with E-state index in [-0.39, 0.29) is 22.2 Å². The highest BCUT2D eigenvalue weighted by Crippen LogP contribution is 2.74. The van der Waals surface area contributed by atoms with E-state index >= 15 is 0 Å². The first-order valence-electron chi connectivity index (χ1n) is 13.4. The van der Waals surface area contributed by atoms with Crippen LogP contribution < -0.4 is 0 Å². The predicted molar refractivity (Wildman–Crippen MR) is 130 cm³/mol. The van der Waals surface area contributed by atoms with Gasteiger partial charge in [-0.2, -0.15) is 0 Å². The zero-order chi connectivity index (χ0) is 22.7. The first kappa shape index (κ1) is 22.2. The average Bonchev–Trinajstić information content (AvgIpc) is 2.64. The Hall–Kier alpha value is -0.590. The van der Waals surface area contributed by atoms with Crippen molar-refractivity contribution < 1.29 is 4.79 Å². The van der Waals surface area contributed by atoms with E-state index in [0.717, 1.165) is 6.42 Å². The van der Waals surface area contributed by atoms with Crippen LogP contribution in [0.1, 0.15) is 126 Å². The van der Waals surface area contributed by atoms with Crippen molar-refractivity contribution in [3.63, 3.8) is 0 Å². The van der Waals surface area contributed by atoms with E-state index in [1.807, 2.05) is 0 Å². The van der Waals surface area contributed by atoms with Gasteiger partial charge < -0.3 is 0 Å². The van der Waals surface area contributed by atoms with E-state index in [2.05, 4.69) is 55.4 Å². The standard InChI is InChI=1S/C30H48O/c1-25(2)14-15-27(5)16-17-29(7)20(21(27)19-25)18-22(31)24-28(6)12-9-11-26(3,4)23(28)10-13-30(24,29)8/h23-24H,9-19H2,1-8H3. The maximum atomic E-state index is 14.2. The van der Waals surface area contributed by atoms with Gasteiger partial charge in [0.25, 0.3) is 0 Å². The molecule has 6 unspecified atom stereocenters. The maximum Gasteiger partial charge on any atom is 0.141 e. The molecule has 0 spiro atoms. The SMILES string of the molecule is CC1(C)CCC2(C)CCC3(C)C(=C2C1)CC(=O)C1C2(C)CCCC(C)(C)C2CCC13C. The van der Waals surface area contributed by atoms with Gasteiger partial charge in [-0.05, 0) is 96.2 Å². The molecule has 5 rings (SSSR count). The lowest BCUT2D eigenvalue weighted by Gasteiger charge is -2.69. The highest BCUT2D eigenvalue weighted by atomic mass is 16.1. The van der Waals surface area contributed by atoms with E-state index in [0.29, 0.717) is 27.9 Å². The first-order chi connectivity index (χ1) is 14.2. The summed E-state index contributed by atoms with van der Waals surface area (Å²) < 4.78 is 0. The fourth-order valence-electron chi connectivity index (χ4n) is 10.4. The van der Waals surface area contributed by atoms with Crippen LogP contribution in [-0.2, 0) is 4.79 Å². The quantitative estimate of drug-likeness (QED) is 0.356. The smallest absolute Gasteiger partial charge is 0.141 e. The van der Waals surface area contributed by atoms with Crippen molar-refractivity contribution in [2.75, 3.05) is 0 Å². The Labute approximate surface area is 192 Å². The van der Waals surface area contributed by atoms with Crippen molar-refractivity contribution in [3.05, 3.63) is 11.1 Å². The number of rotatable bonds is 0. The second-order valence-electron chi connectivity index (χ2n) is 15.1. The molecule has 0 aliphatic heterocycles. The molecule has 31 heavy (non-hydrogen) atoms. The Morgan fingerprint density at radius 3 is 2.13 bits per heavy atom. The Morgan fingerprint density at radius 2 is 1.42 bits per heavy atom. The van der Waals surface area contributed by atoms with E-state index < -0.39 is 0 Å². The third kappa shape index (κ3) is 2.76. The summed E-state index contributed by atoms with van der Waals surface area (Å²) in [7, 11) is 0. The van der Waals surface area contributed by atoms with E-state index in [1.54, 1.807) is 11.1 Å². The van der Waals surface area contributed by atoms with Crippen molar-refractivity contribution in [3.8, 4) is 0 Å². The minimum atomic E-state index is 0.131. The normalized spacial score (nSPS) is 50.8. The molecule has 0 bridgehead atoms. The zero-order valence-corrected chi connectivity index (χ0v) is 21.8. The predicted octanol–water partition coefficient (Wildman–Crippen LogP) is 8.52. The second-order valence-corrected chi connectivity index (χ2v) is 15.1. The summed E-state index contributed by atoms with van der Waals surface area (Å²) in [6.45, 7) is 20.1. The zero-order valence-electron chi connectivity index (χ0n) is 21.8. The molecule has 0 aromatic rings. The lowest BCUT2D eigenvalue weighted by Crippen LogP contribution is -2.65. The molecule has 174 valence electrons. The van der Waals surface area contributed by atoms with Crippen LogP contribution in [0.2, 0.25) is 0 Å². The second kappa shape index (κ2) is 6.29. The van der Waals surface area contributed by atoms with Crippen LogP contribution in [0.5, 0.6) is 0 Å². The fourth-order valence-corrected chi connectivity index (χ4v) is 10.4. The van der Waals surface area contributed by atoms with Crippen molar-refractivity contribution >= 4 is 5.78 Å². The highest BCUT2D eigenvalue weighted by molar-refractivity contribution is 5.87. The molecule has 0 aromatic carbocycles. The third-order valence-corrected chi connectivity index (χ3v) is 12.4. The van der Waals surface area contributed by atoms with Crippen LogP contribution in [0.4, 0.5) is 0 Å². The summed E-state index contributed by atoms with van der Waals surface area (Å²) >= 11 is 0. The Bertz CT molecular complexity index is 844. The van der Waals surface area contributed by atoms with Gasteiger partial charge in [-0.3, -0.25) is 4.79 Å². The molecule has 5 aliphatic rings. The van der Waals surface area contributed by atoms with E-state index in [1.165, 1.54) is 64.2 Å². The molecule has 0 saturated heterocycles. The minimum Gasteiger partial charge on any atom is -0.299 e. The number of fused-ring (bicyclic) bond motifs is 6. The molecular weight excluding hydrogens is 376 g/mol. The number of carbonyl (C=O) groups is 1. The summed E-state index contributed by atoms with van der Waals surface area (Å²) in [5.74, 6) is 1.57. The summed E-state index contributed by atoms with van der Waals surface area (Å²) in [6.07, 6.45) is 13.7. The number of carbonyl (C=O) groups excluding carboxylic acids is 1. The van der Waals surface area contributed by atoms with Crippen molar-refractivity contribution in [2.24, 2.45) is 44.3 Å². The summed E-state index contributed by atoms with van der Waals surface area (Å²) in [5, 5.41) is 0. The highest BCUT2D eigenvalue weighted by Gasteiger charge is 2.68. The summed E-state index contributed by atoms with van der Waals surface area (Å²) in [5.41, 5.74) is 5.00. The van der Waals surface area contributed by atoms with Gasteiger partial charge in [-0.15, -0.1) is 0 Å². The third-order valence-electron chi connectivity index (χ3n) is 12.4. The molecule has 4 saturated carbocycles. The van der Waals surface area contributed by atoms with Gasteiger partial charge in [-0.1, -0.05) is 73.0 Å². The summed E-state index contributed by atoms with van der Waals surface area (Å²) in [6, 6.07) is 0. The molecule has 4 fully saturated rings. The van der Waals surface area contributed by atoms with Gasteiger partial charge >= 0.3 is 0 Å². The van der Waals surface area contributed by atoms with E-state index in [4.69, 9.17) is 0 Å². The van der Waals surface area contributed by atoms with Crippen molar-refractivity contribution in [1.82, 2.24) is 0 Å². The lowest BCUT2D eigenvalue weighted by atomic mass is 9.34. The molecule has 0 heterocycles. The van der Waals surface area contributed by atoms with Crippen molar-refractivity contribution in [1.29, 1.82) is 0 Å². The molecule has 5 aliphatic carbocycles. The largest absolute Gasteiger partial charge is 0.299 e. The number of ketones is 1. The Balaban J connectivity index is 1.65. The van der Waals surface area contributed by atoms with E-state index in [9.17, 15) is 4.79 Å². The number of hydrogen-bond acceptors (Lipinski definition) is 1. The van der Waals surface area contributed by atoms with Gasteiger partial charge in [0.15, 0.2) is 0 Å². The van der Waals surface area contributed by atoms with Crippen LogP contribution in [0, 0.1) is 44.3 Å². The molecule has 0 N–H and O–H groups in total. The number of hydrogen-bond donors (Lipinski definition) is 0. The molecule has 0 amide bonds. The molecule has 6 atom stereocenters. The summed E-state index contributed by atoms with van der Waals surface area (Å²) in [4.78, 5) is 14.2. The molecular formula is C30H48O. The molecule has 0 aromatic heterocycles. The molecule has 0 radical (unpaired) electrons. The minimum absolute atomic E-state index is 0.131. The van der Waals surface area contributed by atoms with Gasteiger partial charge in [-0.25, -0.2) is 0 Å². The van der Waals surface area contributed by atoms with Crippen LogP contribution in [-0.4, -0.2) is 5.78 Å². The lowest BCUT2D eigenvalue weighted by molar-refractivity contribution is -0.186. The average molecular weight is 425 g/mol. The Morgan fingerprint density at radius 1 is 0.742 bits per heavy atom. The number of allylic oxidation sites excluding steroid dienone is 2. The number of Topliss-reactive ketones (excluding diaryl/α,β-unsaturated/α-hetero) is 1. The van der Waals surface area contributed by atoms with Gasteiger partial charge in [0.05, 0.1) is 0 Å². The Kier molecular flexibility index (Phi) is 4.51. The van der Waals surface area contributed by atoms with Crippen LogP contribution >= 0.6 is 0 Å². The maximum absolute atomic E-state index is 14.2. The molecule has 1 nitrogen and oxygen atoms in total. The monoisotopic (exact) mass is 424 g/mol. The fraction of sp³-hybridized carbons (Fsp3) is 0.900. The molecule has 1 heteroatoms. The van der Waals surface area contributed by atoms with Gasteiger partial charge in [0, 0.05) is 12.3 Å². The first-order valence-corrected chi connectivity index (χ1v) is 13.4. The van der Waals surface area contributed by atoms with Gasteiger partial charge in [0.1, 0.15) is 5.78 Å². The van der Waals surface area contributed by atoms with Crippen LogP contribution in [0.25, 0.3) is 0 Å².